The molecule has 3 heterocycles. The van der Waals surface area contributed by atoms with E-state index in [0.29, 0.717) is 16.3 Å². The van der Waals surface area contributed by atoms with Gasteiger partial charge in [-0.2, -0.15) is 5.10 Å². The molecule has 0 radical (unpaired) electrons. The summed E-state index contributed by atoms with van der Waals surface area (Å²) in [5, 5.41) is 18.8. The van der Waals surface area contributed by atoms with Gasteiger partial charge in [-0.05, 0) is 25.5 Å². The highest BCUT2D eigenvalue weighted by molar-refractivity contribution is 7.15. The molecule has 2 N–H and O–H groups in total. The van der Waals surface area contributed by atoms with Crippen LogP contribution in [0.4, 0.5) is 5.13 Å². The Labute approximate surface area is 153 Å². The van der Waals surface area contributed by atoms with Crippen LogP contribution in [-0.2, 0) is 11.2 Å². The van der Waals surface area contributed by atoms with Gasteiger partial charge in [0.05, 0.1) is 11.5 Å². The molecule has 2 atom stereocenters. The zero-order valence-corrected chi connectivity index (χ0v) is 15.4. The predicted octanol–water partition coefficient (Wildman–Crippen LogP) is 1.54. The summed E-state index contributed by atoms with van der Waals surface area (Å²) in [5.41, 5.74) is 1.10. The largest absolute Gasteiger partial charge is 0.349 e. The van der Waals surface area contributed by atoms with Crippen molar-refractivity contribution in [3.8, 4) is 0 Å². The molecule has 2 unspecified atom stereocenters. The van der Waals surface area contributed by atoms with Crippen LogP contribution >= 0.6 is 11.3 Å². The Morgan fingerprint density at radius 1 is 1.27 bits per heavy atom. The molecule has 9 nitrogen and oxygen atoms in total. The monoisotopic (exact) mass is 373 g/mol. The quantitative estimate of drug-likeness (QED) is 0.677. The number of anilines is 1. The molecule has 0 bridgehead atoms. The second-order valence-electron chi connectivity index (χ2n) is 5.88. The van der Waals surface area contributed by atoms with Crippen molar-refractivity contribution in [2.75, 3.05) is 5.32 Å². The summed E-state index contributed by atoms with van der Waals surface area (Å²) in [5.74, 6) is -0.940. The first-order chi connectivity index (χ1) is 12.5. The molecule has 3 aromatic rings. The van der Waals surface area contributed by atoms with Crippen molar-refractivity contribution in [1.82, 2.24) is 30.1 Å². The molecule has 0 saturated carbocycles. The number of rotatable bonds is 6. The molecule has 10 heteroatoms. The molecule has 3 rings (SSSR count). The van der Waals surface area contributed by atoms with E-state index in [1.807, 2.05) is 6.92 Å². The normalized spacial score (nSPS) is 13.3. The van der Waals surface area contributed by atoms with Gasteiger partial charge in [-0.3, -0.25) is 9.59 Å². The first kappa shape index (κ1) is 17.9. The molecule has 0 fully saturated rings. The molecule has 0 aliphatic rings. The molecule has 0 aromatic carbocycles. The third kappa shape index (κ3) is 3.85. The van der Waals surface area contributed by atoms with Crippen molar-refractivity contribution < 1.29 is 9.59 Å². The maximum atomic E-state index is 12.4. The number of carbonyl (C=O) groups excluding carboxylic acids is 2. The van der Waals surface area contributed by atoms with E-state index in [-0.39, 0.29) is 17.9 Å². The van der Waals surface area contributed by atoms with E-state index in [9.17, 15) is 9.59 Å². The van der Waals surface area contributed by atoms with Crippen LogP contribution in [0.5, 0.6) is 0 Å². The topological polar surface area (TPSA) is 114 Å². The summed E-state index contributed by atoms with van der Waals surface area (Å²) in [6.45, 7) is 5.51. The van der Waals surface area contributed by atoms with Gasteiger partial charge in [-0.25, -0.2) is 9.50 Å². The third-order valence-corrected chi connectivity index (χ3v) is 5.04. The first-order valence-corrected chi connectivity index (χ1v) is 9.03. The molecule has 0 spiro atoms. The minimum atomic E-state index is -0.442. The Balaban J connectivity index is 1.61. The van der Waals surface area contributed by atoms with E-state index >= 15 is 0 Å². The average molecular weight is 373 g/mol. The Hall–Kier alpha value is -2.88. The molecular formula is C16H19N7O2S. The van der Waals surface area contributed by atoms with Gasteiger partial charge in [-0.15, -0.1) is 10.2 Å². The fourth-order valence-corrected chi connectivity index (χ4v) is 2.94. The summed E-state index contributed by atoms with van der Waals surface area (Å²) in [7, 11) is 0. The highest BCUT2D eigenvalue weighted by atomic mass is 32.1. The van der Waals surface area contributed by atoms with E-state index in [1.165, 1.54) is 22.2 Å². The summed E-state index contributed by atoms with van der Waals surface area (Å²) in [6.07, 6.45) is 3.79. The van der Waals surface area contributed by atoms with Crippen molar-refractivity contribution in [1.29, 1.82) is 0 Å². The molecule has 0 aliphatic carbocycles. The summed E-state index contributed by atoms with van der Waals surface area (Å²) >= 11 is 1.35. The number of pyridine rings is 1. The number of nitrogens with one attached hydrogen (secondary N) is 2. The maximum absolute atomic E-state index is 12.4. The number of carbonyl (C=O) groups is 2. The lowest BCUT2D eigenvalue weighted by Gasteiger charge is -2.20. The highest BCUT2D eigenvalue weighted by Gasteiger charge is 2.23. The number of nitrogens with zero attached hydrogens (tertiary/aromatic N) is 5. The minimum Gasteiger partial charge on any atom is -0.349 e. The van der Waals surface area contributed by atoms with Crippen molar-refractivity contribution >= 4 is 33.9 Å². The zero-order chi connectivity index (χ0) is 18.7. The van der Waals surface area contributed by atoms with Gasteiger partial charge < -0.3 is 10.6 Å². The van der Waals surface area contributed by atoms with Gasteiger partial charge in [-0.1, -0.05) is 25.2 Å². The van der Waals surface area contributed by atoms with Crippen molar-refractivity contribution in [2.45, 2.75) is 33.2 Å². The lowest BCUT2D eigenvalue weighted by molar-refractivity contribution is -0.120. The Bertz CT molecular complexity index is 935. The van der Waals surface area contributed by atoms with E-state index in [1.54, 1.807) is 32.2 Å². The number of aromatic nitrogens is 5. The van der Waals surface area contributed by atoms with Crippen molar-refractivity contribution in [2.24, 2.45) is 5.92 Å². The zero-order valence-electron chi connectivity index (χ0n) is 14.6. The van der Waals surface area contributed by atoms with Crippen molar-refractivity contribution in [3.63, 3.8) is 0 Å². The smallest absolute Gasteiger partial charge is 0.253 e. The number of amides is 2. The van der Waals surface area contributed by atoms with Crippen LogP contribution in [-0.4, -0.2) is 42.7 Å². The fraction of sp³-hybridized carbons (Fsp3) is 0.375. The summed E-state index contributed by atoms with van der Waals surface area (Å²) < 4.78 is 1.52. The minimum absolute atomic E-state index is 0.219. The maximum Gasteiger partial charge on any atom is 0.253 e. The van der Waals surface area contributed by atoms with E-state index in [0.717, 1.165) is 11.4 Å². The van der Waals surface area contributed by atoms with Crippen LogP contribution in [0.15, 0.2) is 24.7 Å². The lowest BCUT2D eigenvalue weighted by atomic mass is 10.0. The van der Waals surface area contributed by atoms with Crippen LogP contribution < -0.4 is 10.6 Å². The lowest BCUT2D eigenvalue weighted by Crippen LogP contribution is -2.42. The third-order valence-electron chi connectivity index (χ3n) is 4.06. The number of fused-ring (bicyclic) bond motifs is 1. The van der Waals surface area contributed by atoms with Crippen molar-refractivity contribution in [3.05, 3.63) is 35.2 Å². The van der Waals surface area contributed by atoms with Gasteiger partial charge in [0.25, 0.3) is 5.91 Å². The number of hydrogen-bond acceptors (Lipinski definition) is 7. The molecule has 2 amide bonds. The van der Waals surface area contributed by atoms with Crippen LogP contribution in [0.3, 0.4) is 0 Å². The van der Waals surface area contributed by atoms with Gasteiger partial charge in [0, 0.05) is 12.2 Å². The van der Waals surface area contributed by atoms with Gasteiger partial charge in [0.1, 0.15) is 11.3 Å². The van der Waals surface area contributed by atoms with E-state index < -0.39 is 5.92 Å². The molecule has 0 aliphatic heterocycles. The van der Waals surface area contributed by atoms with Crippen LogP contribution in [0.2, 0.25) is 0 Å². The second-order valence-corrected chi connectivity index (χ2v) is 6.94. The van der Waals surface area contributed by atoms with E-state index in [2.05, 4.69) is 30.9 Å². The van der Waals surface area contributed by atoms with Gasteiger partial charge in [0.15, 0.2) is 5.65 Å². The van der Waals surface area contributed by atoms with E-state index in [4.69, 9.17) is 0 Å². The molecule has 3 aromatic heterocycles. The molecular weight excluding hydrogens is 354 g/mol. The Kier molecular flexibility index (Phi) is 5.21. The summed E-state index contributed by atoms with van der Waals surface area (Å²) in [6, 6.07) is 3.01. The van der Waals surface area contributed by atoms with Crippen LogP contribution in [0, 0.1) is 5.92 Å². The first-order valence-electron chi connectivity index (χ1n) is 8.21. The fourth-order valence-electron chi connectivity index (χ4n) is 2.26. The van der Waals surface area contributed by atoms with Crippen LogP contribution in [0.25, 0.3) is 5.65 Å². The predicted molar refractivity (Wildman–Crippen MR) is 97.0 cm³/mol. The SMILES string of the molecule is CCc1nnc(NC(=O)C(C)C(C)NC(=O)c2ccc3ncnn3c2)s1. The molecule has 0 saturated heterocycles. The summed E-state index contributed by atoms with van der Waals surface area (Å²) in [4.78, 5) is 28.8. The van der Waals surface area contributed by atoms with Crippen LogP contribution in [0.1, 0.15) is 36.1 Å². The highest BCUT2D eigenvalue weighted by Crippen LogP contribution is 2.17. The second kappa shape index (κ2) is 7.56. The van der Waals surface area contributed by atoms with Gasteiger partial charge in [0.2, 0.25) is 11.0 Å². The average Bonchev–Trinajstić information content (AvgIpc) is 3.28. The standard InChI is InChI=1S/C16H19N7O2S/c1-4-13-21-22-16(26-13)20-14(24)9(2)10(3)19-15(25)11-5-6-12-17-8-18-23(12)7-11/h5-10H,4H2,1-3H3,(H,19,25)(H,20,22,24). The number of hydrogen-bond donors (Lipinski definition) is 2. The Morgan fingerprint density at radius 2 is 2.08 bits per heavy atom. The Morgan fingerprint density at radius 3 is 2.81 bits per heavy atom. The van der Waals surface area contributed by atoms with Gasteiger partial charge >= 0.3 is 0 Å². The molecule has 26 heavy (non-hydrogen) atoms. The molecule has 136 valence electrons. The number of aryl methyl sites for hydroxylation is 1.